The molecule has 2 aromatic rings. The normalized spacial score (nSPS) is 16.3. The van der Waals surface area contributed by atoms with Crippen molar-refractivity contribution in [2.45, 2.75) is 32.2 Å². The van der Waals surface area contributed by atoms with Gasteiger partial charge < -0.3 is 19.1 Å². The van der Waals surface area contributed by atoms with E-state index in [1.807, 2.05) is 17.0 Å². The zero-order chi connectivity index (χ0) is 19.4. The molecule has 3 rings (SSSR count). The number of hydrogen-bond donors (Lipinski definition) is 0. The quantitative estimate of drug-likeness (QED) is 0.774. The van der Waals surface area contributed by atoms with Crippen LogP contribution in [-0.4, -0.2) is 38.7 Å². The fraction of sp³-hybridized carbons (Fsp3) is 0.409. The number of benzene rings is 2. The molecular weight excluding hydrogens is 342 g/mol. The van der Waals surface area contributed by atoms with Crippen LogP contribution in [0.4, 0.5) is 0 Å². The largest absolute Gasteiger partial charge is 0.493 e. The van der Waals surface area contributed by atoms with Crippen LogP contribution in [-0.2, 0) is 11.2 Å². The highest BCUT2D eigenvalue weighted by Crippen LogP contribution is 2.39. The summed E-state index contributed by atoms with van der Waals surface area (Å²) in [7, 11) is 4.73. The Labute approximate surface area is 160 Å². The summed E-state index contributed by atoms with van der Waals surface area (Å²) in [6, 6.07) is 12.3. The summed E-state index contributed by atoms with van der Waals surface area (Å²) in [4.78, 5) is 15.0. The van der Waals surface area contributed by atoms with Crippen LogP contribution in [0.1, 0.15) is 35.6 Å². The number of ether oxygens (including phenoxy) is 3. The van der Waals surface area contributed by atoms with E-state index in [0.717, 1.165) is 24.9 Å². The van der Waals surface area contributed by atoms with E-state index in [-0.39, 0.29) is 11.9 Å². The molecule has 0 aromatic heterocycles. The molecule has 0 spiro atoms. The van der Waals surface area contributed by atoms with Crippen LogP contribution in [0.3, 0.4) is 0 Å². The molecule has 0 saturated carbocycles. The first-order valence-electron chi connectivity index (χ1n) is 9.22. The fourth-order valence-electron chi connectivity index (χ4n) is 3.71. The minimum atomic E-state index is 0.118. The number of hydrogen-bond acceptors (Lipinski definition) is 4. The van der Waals surface area contributed by atoms with Gasteiger partial charge in [-0.1, -0.05) is 29.8 Å². The summed E-state index contributed by atoms with van der Waals surface area (Å²) in [5.41, 5.74) is 3.28. The third-order valence-electron chi connectivity index (χ3n) is 5.12. The minimum absolute atomic E-state index is 0.118. The van der Waals surface area contributed by atoms with E-state index in [1.54, 1.807) is 21.3 Å². The van der Waals surface area contributed by atoms with Gasteiger partial charge in [0, 0.05) is 6.54 Å². The van der Waals surface area contributed by atoms with Crippen molar-refractivity contribution in [1.82, 2.24) is 4.90 Å². The van der Waals surface area contributed by atoms with Gasteiger partial charge in [0.1, 0.15) is 0 Å². The Kier molecular flexibility index (Phi) is 5.89. The van der Waals surface area contributed by atoms with Crippen LogP contribution in [0.5, 0.6) is 17.2 Å². The van der Waals surface area contributed by atoms with Gasteiger partial charge in [-0.25, -0.2) is 0 Å². The molecule has 0 aliphatic carbocycles. The van der Waals surface area contributed by atoms with Crippen LogP contribution >= 0.6 is 0 Å². The van der Waals surface area contributed by atoms with E-state index in [2.05, 4.69) is 31.2 Å². The van der Waals surface area contributed by atoms with Gasteiger partial charge in [0.2, 0.25) is 11.7 Å². The van der Waals surface area contributed by atoms with Crippen LogP contribution in [0.15, 0.2) is 36.4 Å². The molecule has 0 radical (unpaired) electrons. The first-order chi connectivity index (χ1) is 13.1. The van der Waals surface area contributed by atoms with Crippen molar-refractivity contribution in [3.63, 3.8) is 0 Å². The highest BCUT2D eigenvalue weighted by Gasteiger charge is 2.30. The summed E-state index contributed by atoms with van der Waals surface area (Å²) in [5.74, 6) is 1.79. The standard InChI is InChI=1S/C22H27NO4/c1-15-7-9-17(10-8-15)18-6-5-11-23(18)21(24)14-16-12-19(25-2)22(27-4)20(13-16)26-3/h7-10,12-13,18H,5-6,11,14H2,1-4H3. The fourth-order valence-corrected chi connectivity index (χ4v) is 3.71. The Morgan fingerprint density at radius 1 is 1.04 bits per heavy atom. The molecule has 5 heteroatoms. The van der Waals surface area contributed by atoms with Crippen molar-refractivity contribution in [3.8, 4) is 17.2 Å². The van der Waals surface area contributed by atoms with E-state index in [0.29, 0.717) is 23.7 Å². The Morgan fingerprint density at radius 3 is 2.22 bits per heavy atom. The number of carbonyl (C=O) groups is 1. The lowest BCUT2D eigenvalue weighted by Gasteiger charge is -2.25. The van der Waals surface area contributed by atoms with Gasteiger partial charge in [-0.3, -0.25) is 4.79 Å². The average Bonchev–Trinajstić information content (AvgIpc) is 3.17. The summed E-state index contributed by atoms with van der Waals surface area (Å²) in [5, 5.41) is 0. The molecule has 1 atom stereocenters. The zero-order valence-corrected chi connectivity index (χ0v) is 16.5. The van der Waals surface area contributed by atoms with Gasteiger partial charge in [0.15, 0.2) is 11.5 Å². The van der Waals surface area contributed by atoms with E-state index < -0.39 is 0 Å². The lowest BCUT2D eigenvalue weighted by Crippen LogP contribution is -2.31. The Morgan fingerprint density at radius 2 is 1.67 bits per heavy atom. The molecule has 1 heterocycles. The molecule has 27 heavy (non-hydrogen) atoms. The Hall–Kier alpha value is -2.69. The smallest absolute Gasteiger partial charge is 0.227 e. The van der Waals surface area contributed by atoms with Gasteiger partial charge in [-0.05, 0) is 43.0 Å². The van der Waals surface area contributed by atoms with Crippen molar-refractivity contribution in [3.05, 3.63) is 53.1 Å². The summed E-state index contributed by atoms with van der Waals surface area (Å²) < 4.78 is 16.2. The monoisotopic (exact) mass is 369 g/mol. The number of likely N-dealkylation sites (tertiary alicyclic amines) is 1. The topological polar surface area (TPSA) is 48.0 Å². The second kappa shape index (κ2) is 8.33. The minimum Gasteiger partial charge on any atom is -0.493 e. The number of amides is 1. The number of carbonyl (C=O) groups excluding carboxylic acids is 1. The first kappa shape index (κ1) is 19.1. The lowest BCUT2D eigenvalue weighted by molar-refractivity contribution is -0.131. The van der Waals surface area contributed by atoms with E-state index in [1.165, 1.54) is 11.1 Å². The van der Waals surface area contributed by atoms with Crippen LogP contribution in [0.2, 0.25) is 0 Å². The SMILES string of the molecule is COc1cc(CC(=O)N2CCCC2c2ccc(C)cc2)cc(OC)c1OC. The lowest BCUT2D eigenvalue weighted by atomic mass is 10.0. The van der Waals surface area contributed by atoms with E-state index in [9.17, 15) is 4.79 Å². The molecule has 1 aliphatic rings. The molecular formula is C22H27NO4. The number of rotatable bonds is 6. The van der Waals surface area contributed by atoms with Gasteiger partial charge >= 0.3 is 0 Å². The molecule has 1 fully saturated rings. The van der Waals surface area contributed by atoms with Crippen molar-refractivity contribution in [2.75, 3.05) is 27.9 Å². The van der Waals surface area contributed by atoms with Crippen LogP contribution < -0.4 is 14.2 Å². The zero-order valence-electron chi connectivity index (χ0n) is 16.5. The maximum absolute atomic E-state index is 13.0. The molecule has 0 bridgehead atoms. The van der Waals surface area contributed by atoms with Crippen LogP contribution in [0.25, 0.3) is 0 Å². The molecule has 0 N–H and O–H groups in total. The molecule has 2 aromatic carbocycles. The first-order valence-corrected chi connectivity index (χ1v) is 9.22. The molecule has 144 valence electrons. The second-order valence-electron chi connectivity index (χ2n) is 6.87. The summed E-state index contributed by atoms with van der Waals surface area (Å²) in [6.07, 6.45) is 2.34. The van der Waals surface area contributed by atoms with E-state index in [4.69, 9.17) is 14.2 Å². The third-order valence-corrected chi connectivity index (χ3v) is 5.12. The van der Waals surface area contributed by atoms with Crippen LogP contribution in [0, 0.1) is 6.92 Å². The van der Waals surface area contributed by atoms with Gasteiger partial charge in [0.05, 0.1) is 33.8 Å². The Balaban J connectivity index is 1.81. The summed E-state index contributed by atoms with van der Waals surface area (Å²) in [6.45, 7) is 2.87. The highest BCUT2D eigenvalue weighted by atomic mass is 16.5. The predicted molar refractivity (Wildman–Crippen MR) is 105 cm³/mol. The number of methoxy groups -OCH3 is 3. The highest BCUT2D eigenvalue weighted by molar-refractivity contribution is 5.80. The maximum Gasteiger partial charge on any atom is 0.227 e. The van der Waals surface area contributed by atoms with Gasteiger partial charge in [0.25, 0.3) is 0 Å². The van der Waals surface area contributed by atoms with Crippen molar-refractivity contribution >= 4 is 5.91 Å². The van der Waals surface area contributed by atoms with Crippen molar-refractivity contribution in [1.29, 1.82) is 0 Å². The third kappa shape index (κ3) is 4.02. The maximum atomic E-state index is 13.0. The van der Waals surface area contributed by atoms with Gasteiger partial charge in [-0.15, -0.1) is 0 Å². The van der Waals surface area contributed by atoms with Crippen molar-refractivity contribution < 1.29 is 19.0 Å². The van der Waals surface area contributed by atoms with Gasteiger partial charge in [-0.2, -0.15) is 0 Å². The summed E-state index contributed by atoms with van der Waals surface area (Å²) >= 11 is 0. The second-order valence-corrected chi connectivity index (χ2v) is 6.87. The molecule has 1 amide bonds. The van der Waals surface area contributed by atoms with E-state index >= 15 is 0 Å². The Bertz CT molecular complexity index is 775. The molecule has 1 saturated heterocycles. The molecule has 1 aliphatic heterocycles. The molecule has 1 unspecified atom stereocenters. The number of aryl methyl sites for hydroxylation is 1. The number of nitrogens with zero attached hydrogens (tertiary/aromatic N) is 1. The predicted octanol–water partition coefficient (Wildman–Crippen LogP) is 3.93. The average molecular weight is 369 g/mol. The van der Waals surface area contributed by atoms with Crippen molar-refractivity contribution in [2.24, 2.45) is 0 Å². The molecule has 5 nitrogen and oxygen atoms in total.